The molecule has 5 nitrogen and oxygen atoms in total. The maximum Gasteiger partial charge on any atom is 0.310 e. The van der Waals surface area contributed by atoms with Gasteiger partial charge in [0.1, 0.15) is 0 Å². The van der Waals surface area contributed by atoms with Crippen LogP contribution >= 0.6 is 0 Å². The van der Waals surface area contributed by atoms with Gasteiger partial charge in [0.25, 0.3) is 5.91 Å². The number of likely N-dealkylation sites (tertiary alicyclic amines) is 1. The van der Waals surface area contributed by atoms with Gasteiger partial charge in [-0.3, -0.25) is 9.59 Å². The van der Waals surface area contributed by atoms with Crippen LogP contribution in [0.5, 0.6) is 0 Å². The van der Waals surface area contributed by atoms with Gasteiger partial charge in [-0.1, -0.05) is 12.1 Å². The van der Waals surface area contributed by atoms with Gasteiger partial charge < -0.3 is 14.4 Å². The molecule has 0 N–H and O–H groups in total. The fraction of sp³-hybridized carbons (Fsp3) is 0.579. The molecule has 1 aliphatic rings. The van der Waals surface area contributed by atoms with Crippen molar-refractivity contribution in [1.82, 2.24) is 4.90 Å². The maximum atomic E-state index is 12.6. The molecule has 24 heavy (non-hydrogen) atoms. The number of hydrogen-bond donors (Lipinski definition) is 0. The summed E-state index contributed by atoms with van der Waals surface area (Å²) in [6, 6.07) is 7.50. The van der Waals surface area contributed by atoms with Crippen LogP contribution in [-0.2, 0) is 20.9 Å². The smallest absolute Gasteiger partial charge is 0.310 e. The minimum absolute atomic E-state index is 0.0275. The Labute approximate surface area is 143 Å². The quantitative estimate of drug-likeness (QED) is 0.751. The third kappa shape index (κ3) is 5.06. The van der Waals surface area contributed by atoms with Crippen LogP contribution in [0.4, 0.5) is 0 Å². The molecule has 2 rings (SSSR count). The first kappa shape index (κ1) is 18.5. The predicted molar refractivity (Wildman–Crippen MR) is 91.6 cm³/mol. The Balaban J connectivity index is 1.96. The lowest BCUT2D eigenvalue weighted by molar-refractivity contribution is -0.149. The van der Waals surface area contributed by atoms with Crippen LogP contribution < -0.4 is 0 Å². The number of ether oxygens (including phenoxy) is 2. The van der Waals surface area contributed by atoms with E-state index in [4.69, 9.17) is 9.47 Å². The average Bonchev–Trinajstić information content (AvgIpc) is 2.60. The largest absolute Gasteiger partial charge is 0.466 e. The number of rotatable bonds is 6. The van der Waals surface area contributed by atoms with Gasteiger partial charge in [-0.2, -0.15) is 0 Å². The lowest BCUT2D eigenvalue weighted by Crippen LogP contribution is -2.42. The van der Waals surface area contributed by atoms with Gasteiger partial charge in [0, 0.05) is 18.7 Å². The van der Waals surface area contributed by atoms with Crippen molar-refractivity contribution in [2.45, 2.75) is 46.3 Å². The molecule has 132 valence electrons. The molecular weight excluding hydrogens is 306 g/mol. The van der Waals surface area contributed by atoms with E-state index in [2.05, 4.69) is 0 Å². The number of esters is 1. The van der Waals surface area contributed by atoms with Crippen LogP contribution in [0.1, 0.15) is 49.5 Å². The monoisotopic (exact) mass is 333 g/mol. The van der Waals surface area contributed by atoms with E-state index in [1.807, 2.05) is 38.1 Å². The molecule has 0 radical (unpaired) electrons. The molecule has 1 amide bonds. The summed E-state index contributed by atoms with van der Waals surface area (Å²) in [4.78, 5) is 26.3. The third-order valence-electron chi connectivity index (χ3n) is 4.11. The summed E-state index contributed by atoms with van der Waals surface area (Å²) in [6.07, 6.45) is 1.79. The molecule has 1 aliphatic heterocycles. The van der Waals surface area contributed by atoms with Crippen LogP contribution in [0.15, 0.2) is 24.3 Å². The van der Waals surface area contributed by atoms with Crippen molar-refractivity contribution in [2.75, 3.05) is 19.7 Å². The van der Waals surface area contributed by atoms with Crippen molar-refractivity contribution in [3.8, 4) is 0 Å². The summed E-state index contributed by atoms with van der Waals surface area (Å²) in [6.45, 7) is 7.84. The molecule has 0 spiro atoms. The van der Waals surface area contributed by atoms with Gasteiger partial charge in [-0.05, 0) is 51.3 Å². The van der Waals surface area contributed by atoms with Gasteiger partial charge in [0.05, 0.1) is 25.2 Å². The molecule has 0 aromatic heterocycles. The zero-order chi connectivity index (χ0) is 17.5. The van der Waals surface area contributed by atoms with Crippen molar-refractivity contribution in [1.29, 1.82) is 0 Å². The highest BCUT2D eigenvalue weighted by Crippen LogP contribution is 2.20. The summed E-state index contributed by atoms with van der Waals surface area (Å²) in [7, 11) is 0. The second kappa shape index (κ2) is 8.83. The van der Waals surface area contributed by atoms with E-state index in [1.54, 1.807) is 11.8 Å². The van der Waals surface area contributed by atoms with Gasteiger partial charge in [0.2, 0.25) is 0 Å². The average molecular weight is 333 g/mol. The van der Waals surface area contributed by atoms with Crippen LogP contribution in [-0.4, -0.2) is 42.6 Å². The number of amides is 1. The standard InChI is InChI=1S/C19H27NO4/c1-4-23-19(22)17-6-5-11-20(12-17)18(21)16-9-7-15(8-10-16)13-24-14(2)3/h7-10,14,17H,4-6,11-13H2,1-3H3. The van der Waals surface area contributed by atoms with Crippen LogP contribution in [0.2, 0.25) is 0 Å². The first-order valence-corrected chi connectivity index (χ1v) is 8.67. The molecule has 1 saturated heterocycles. The summed E-state index contributed by atoms with van der Waals surface area (Å²) >= 11 is 0. The third-order valence-corrected chi connectivity index (χ3v) is 4.11. The Hall–Kier alpha value is -1.88. The second-order valence-corrected chi connectivity index (χ2v) is 6.40. The van der Waals surface area contributed by atoms with E-state index in [-0.39, 0.29) is 23.9 Å². The van der Waals surface area contributed by atoms with Gasteiger partial charge in [0.15, 0.2) is 0 Å². The van der Waals surface area contributed by atoms with E-state index < -0.39 is 0 Å². The fourth-order valence-electron chi connectivity index (χ4n) is 2.80. The normalized spacial score (nSPS) is 17.8. The summed E-state index contributed by atoms with van der Waals surface area (Å²) in [5.41, 5.74) is 1.69. The highest BCUT2D eigenvalue weighted by atomic mass is 16.5. The minimum atomic E-state index is -0.207. The SMILES string of the molecule is CCOC(=O)C1CCCN(C(=O)c2ccc(COC(C)C)cc2)C1. The van der Waals surface area contributed by atoms with Crippen molar-refractivity contribution >= 4 is 11.9 Å². The minimum Gasteiger partial charge on any atom is -0.466 e. The van der Waals surface area contributed by atoms with Crippen LogP contribution in [0, 0.1) is 5.92 Å². The van der Waals surface area contributed by atoms with E-state index in [0.717, 1.165) is 18.4 Å². The lowest BCUT2D eigenvalue weighted by atomic mass is 9.97. The Kier molecular flexibility index (Phi) is 6.79. The topological polar surface area (TPSA) is 55.8 Å². The number of carbonyl (C=O) groups is 2. The first-order valence-electron chi connectivity index (χ1n) is 8.67. The molecule has 0 saturated carbocycles. The Morgan fingerprint density at radius 3 is 2.58 bits per heavy atom. The molecule has 1 fully saturated rings. The first-order chi connectivity index (χ1) is 11.5. The Bertz CT molecular complexity index is 553. The maximum absolute atomic E-state index is 12.6. The van der Waals surface area contributed by atoms with E-state index in [9.17, 15) is 9.59 Å². The zero-order valence-corrected chi connectivity index (χ0v) is 14.8. The zero-order valence-electron chi connectivity index (χ0n) is 14.8. The van der Waals surface area contributed by atoms with Crippen molar-refractivity contribution < 1.29 is 19.1 Å². The summed E-state index contributed by atoms with van der Waals surface area (Å²) in [5, 5.41) is 0. The molecule has 0 aliphatic carbocycles. The second-order valence-electron chi connectivity index (χ2n) is 6.40. The predicted octanol–water partition coefficient (Wildman–Crippen LogP) is 3.03. The number of benzene rings is 1. The lowest BCUT2D eigenvalue weighted by Gasteiger charge is -2.31. The van der Waals surface area contributed by atoms with Crippen LogP contribution in [0.3, 0.4) is 0 Å². The molecular formula is C19H27NO4. The van der Waals surface area contributed by atoms with Crippen molar-refractivity contribution in [3.63, 3.8) is 0 Å². The Morgan fingerprint density at radius 1 is 1.25 bits per heavy atom. The number of carbonyl (C=O) groups excluding carboxylic acids is 2. The Morgan fingerprint density at radius 2 is 1.96 bits per heavy atom. The molecule has 5 heteroatoms. The summed E-state index contributed by atoms with van der Waals surface area (Å²) < 4.78 is 10.6. The highest BCUT2D eigenvalue weighted by Gasteiger charge is 2.29. The number of hydrogen-bond acceptors (Lipinski definition) is 4. The van der Waals surface area contributed by atoms with Gasteiger partial charge in [-0.25, -0.2) is 0 Å². The van der Waals surface area contributed by atoms with Gasteiger partial charge >= 0.3 is 5.97 Å². The highest BCUT2D eigenvalue weighted by molar-refractivity contribution is 5.94. The number of nitrogens with zero attached hydrogens (tertiary/aromatic N) is 1. The molecule has 1 unspecified atom stereocenters. The summed E-state index contributed by atoms with van der Waals surface area (Å²) in [5.74, 6) is -0.433. The molecule has 1 aromatic carbocycles. The van der Waals surface area contributed by atoms with Crippen molar-refractivity contribution in [2.24, 2.45) is 5.92 Å². The van der Waals surface area contributed by atoms with Crippen molar-refractivity contribution in [3.05, 3.63) is 35.4 Å². The van der Waals surface area contributed by atoms with E-state index >= 15 is 0 Å². The molecule has 0 bridgehead atoms. The fourth-order valence-corrected chi connectivity index (χ4v) is 2.80. The number of piperidine rings is 1. The van der Waals surface area contributed by atoms with Gasteiger partial charge in [-0.15, -0.1) is 0 Å². The van der Waals surface area contributed by atoms with Crippen LogP contribution in [0.25, 0.3) is 0 Å². The molecule has 1 heterocycles. The molecule has 1 aromatic rings. The molecule has 1 atom stereocenters. The van der Waals surface area contributed by atoms with E-state index in [0.29, 0.717) is 31.9 Å². The van der Waals surface area contributed by atoms with E-state index in [1.165, 1.54) is 0 Å².